The SMILES string of the molecule is CCC1CCCN(C(N)=S)C1. The molecule has 0 aromatic rings. The van der Waals surface area contributed by atoms with Crippen molar-refractivity contribution in [2.45, 2.75) is 26.2 Å². The third-order valence-electron chi connectivity index (χ3n) is 2.41. The Labute approximate surface area is 73.7 Å². The van der Waals surface area contributed by atoms with Crippen LogP contribution >= 0.6 is 12.2 Å². The molecule has 0 aromatic heterocycles. The topological polar surface area (TPSA) is 29.3 Å². The number of nitrogens with zero attached hydrogens (tertiary/aromatic N) is 1. The Morgan fingerprint density at radius 3 is 3.00 bits per heavy atom. The third kappa shape index (κ3) is 2.33. The van der Waals surface area contributed by atoms with Crippen LogP contribution in [-0.4, -0.2) is 23.1 Å². The van der Waals surface area contributed by atoms with E-state index >= 15 is 0 Å². The molecular formula is C8H16N2S. The van der Waals surface area contributed by atoms with Gasteiger partial charge in [0.15, 0.2) is 5.11 Å². The van der Waals surface area contributed by atoms with Crippen LogP contribution in [0.3, 0.4) is 0 Å². The molecule has 1 unspecified atom stereocenters. The van der Waals surface area contributed by atoms with Crippen LogP contribution in [-0.2, 0) is 0 Å². The average molecular weight is 172 g/mol. The minimum absolute atomic E-state index is 0.572. The van der Waals surface area contributed by atoms with Gasteiger partial charge in [-0.15, -0.1) is 0 Å². The van der Waals surface area contributed by atoms with E-state index in [9.17, 15) is 0 Å². The van der Waals surface area contributed by atoms with E-state index in [-0.39, 0.29) is 0 Å². The maximum Gasteiger partial charge on any atom is 0.166 e. The Morgan fingerprint density at radius 2 is 2.45 bits per heavy atom. The summed E-state index contributed by atoms with van der Waals surface area (Å²) in [5.74, 6) is 0.810. The fourth-order valence-electron chi connectivity index (χ4n) is 1.60. The van der Waals surface area contributed by atoms with Crippen molar-refractivity contribution in [2.24, 2.45) is 11.7 Å². The van der Waals surface area contributed by atoms with Crippen LogP contribution in [0.5, 0.6) is 0 Å². The number of hydrogen-bond acceptors (Lipinski definition) is 1. The second-order valence-electron chi connectivity index (χ2n) is 3.20. The summed E-state index contributed by atoms with van der Waals surface area (Å²) in [6, 6.07) is 0. The predicted molar refractivity (Wildman–Crippen MR) is 51.4 cm³/mol. The van der Waals surface area contributed by atoms with Gasteiger partial charge < -0.3 is 10.6 Å². The van der Waals surface area contributed by atoms with E-state index in [0.717, 1.165) is 19.0 Å². The first-order valence-electron chi connectivity index (χ1n) is 4.28. The van der Waals surface area contributed by atoms with Crippen molar-refractivity contribution in [1.82, 2.24) is 4.90 Å². The summed E-state index contributed by atoms with van der Waals surface area (Å²) in [6.45, 7) is 4.37. The predicted octanol–water partition coefficient (Wildman–Crippen LogP) is 1.35. The quantitative estimate of drug-likeness (QED) is 0.605. The Hall–Kier alpha value is -0.310. The van der Waals surface area contributed by atoms with Crippen molar-refractivity contribution in [3.8, 4) is 0 Å². The molecule has 1 atom stereocenters. The summed E-state index contributed by atoms with van der Waals surface area (Å²) >= 11 is 4.92. The Kier molecular flexibility index (Phi) is 3.12. The molecule has 0 radical (unpaired) electrons. The van der Waals surface area contributed by atoms with E-state index in [4.69, 9.17) is 18.0 Å². The Bertz CT molecular complexity index is 147. The molecule has 0 spiro atoms. The monoisotopic (exact) mass is 172 g/mol. The fraction of sp³-hybridized carbons (Fsp3) is 0.875. The van der Waals surface area contributed by atoms with Gasteiger partial charge in [0.05, 0.1) is 0 Å². The van der Waals surface area contributed by atoms with Gasteiger partial charge in [-0.1, -0.05) is 13.3 Å². The molecule has 64 valence electrons. The first kappa shape index (κ1) is 8.78. The molecule has 2 nitrogen and oxygen atoms in total. The summed E-state index contributed by atoms with van der Waals surface area (Å²) in [5.41, 5.74) is 5.54. The van der Waals surface area contributed by atoms with Crippen LogP contribution in [0, 0.1) is 5.92 Å². The lowest BCUT2D eigenvalue weighted by atomic mass is 9.96. The molecule has 2 N–H and O–H groups in total. The molecular weight excluding hydrogens is 156 g/mol. The summed E-state index contributed by atoms with van der Waals surface area (Å²) < 4.78 is 0. The number of likely N-dealkylation sites (tertiary alicyclic amines) is 1. The van der Waals surface area contributed by atoms with Gasteiger partial charge in [0.2, 0.25) is 0 Å². The second-order valence-corrected chi connectivity index (χ2v) is 3.62. The molecule has 1 aliphatic rings. The molecule has 11 heavy (non-hydrogen) atoms. The lowest BCUT2D eigenvalue weighted by Gasteiger charge is -2.32. The standard InChI is InChI=1S/C8H16N2S/c1-2-7-4-3-5-10(6-7)8(9)11/h7H,2-6H2,1H3,(H2,9,11). The normalized spacial score (nSPS) is 25.2. The number of hydrogen-bond donors (Lipinski definition) is 1. The lowest BCUT2D eigenvalue weighted by molar-refractivity contribution is 0.254. The van der Waals surface area contributed by atoms with Gasteiger partial charge >= 0.3 is 0 Å². The molecule has 1 saturated heterocycles. The first-order chi connectivity index (χ1) is 5.24. The fourth-order valence-corrected chi connectivity index (χ4v) is 1.76. The number of piperidine rings is 1. The van der Waals surface area contributed by atoms with E-state index in [1.807, 2.05) is 0 Å². The van der Waals surface area contributed by atoms with E-state index < -0.39 is 0 Å². The summed E-state index contributed by atoms with van der Waals surface area (Å²) in [4.78, 5) is 2.12. The average Bonchev–Trinajstić information content (AvgIpc) is 2.05. The maximum absolute atomic E-state index is 5.54. The van der Waals surface area contributed by atoms with Crippen LogP contribution in [0.4, 0.5) is 0 Å². The maximum atomic E-state index is 5.54. The molecule has 1 heterocycles. The van der Waals surface area contributed by atoms with Crippen LogP contribution in [0.25, 0.3) is 0 Å². The highest BCUT2D eigenvalue weighted by atomic mass is 32.1. The minimum Gasteiger partial charge on any atom is -0.376 e. The first-order valence-corrected chi connectivity index (χ1v) is 4.69. The Balaban J connectivity index is 2.39. The smallest absolute Gasteiger partial charge is 0.166 e. The van der Waals surface area contributed by atoms with Crippen LogP contribution in [0.2, 0.25) is 0 Å². The zero-order chi connectivity index (χ0) is 8.27. The van der Waals surface area contributed by atoms with Crippen molar-refractivity contribution >= 4 is 17.3 Å². The van der Waals surface area contributed by atoms with E-state index in [2.05, 4.69) is 11.8 Å². The number of rotatable bonds is 1. The van der Waals surface area contributed by atoms with Crippen LogP contribution in [0.1, 0.15) is 26.2 Å². The molecule has 0 amide bonds. The van der Waals surface area contributed by atoms with Crippen molar-refractivity contribution in [2.75, 3.05) is 13.1 Å². The van der Waals surface area contributed by atoms with E-state index in [1.165, 1.54) is 19.3 Å². The van der Waals surface area contributed by atoms with Crippen molar-refractivity contribution in [3.05, 3.63) is 0 Å². The lowest BCUT2D eigenvalue weighted by Crippen LogP contribution is -2.42. The highest BCUT2D eigenvalue weighted by molar-refractivity contribution is 7.80. The van der Waals surface area contributed by atoms with E-state index in [1.54, 1.807) is 0 Å². The third-order valence-corrected chi connectivity index (χ3v) is 2.67. The van der Waals surface area contributed by atoms with Crippen molar-refractivity contribution in [3.63, 3.8) is 0 Å². The summed E-state index contributed by atoms with van der Waals surface area (Å²) in [5, 5.41) is 0.572. The molecule has 1 aliphatic heterocycles. The molecule has 1 fully saturated rings. The van der Waals surface area contributed by atoms with Crippen LogP contribution in [0.15, 0.2) is 0 Å². The molecule has 0 aromatic carbocycles. The molecule has 0 bridgehead atoms. The molecule has 3 heteroatoms. The van der Waals surface area contributed by atoms with Gasteiger partial charge in [-0.25, -0.2) is 0 Å². The Morgan fingerprint density at radius 1 is 1.73 bits per heavy atom. The zero-order valence-electron chi connectivity index (χ0n) is 7.05. The second kappa shape index (κ2) is 3.90. The number of thiocarbonyl (C=S) groups is 1. The van der Waals surface area contributed by atoms with Gasteiger partial charge in [0.25, 0.3) is 0 Å². The minimum atomic E-state index is 0.572. The van der Waals surface area contributed by atoms with E-state index in [0.29, 0.717) is 5.11 Å². The summed E-state index contributed by atoms with van der Waals surface area (Å²) in [7, 11) is 0. The number of nitrogens with two attached hydrogens (primary N) is 1. The highest BCUT2D eigenvalue weighted by Gasteiger charge is 2.18. The molecule has 0 saturated carbocycles. The van der Waals surface area contributed by atoms with Crippen molar-refractivity contribution in [1.29, 1.82) is 0 Å². The van der Waals surface area contributed by atoms with Gasteiger partial charge in [0.1, 0.15) is 0 Å². The molecule has 0 aliphatic carbocycles. The van der Waals surface area contributed by atoms with Gasteiger partial charge in [0, 0.05) is 13.1 Å². The molecule has 1 rings (SSSR count). The van der Waals surface area contributed by atoms with Gasteiger partial charge in [-0.2, -0.15) is 0 Å². The zero-order valence-corrected chi connectivity index (χ0v) is 7.86. The highest BCUT2D eigenvalue weighted by Crippen LogP contribution is 2.18. The van der Waals surface area contributed by atoms with Crippen molar-refractivity contribution < 1.29 is 0 Å². The van der Waals surface area contributed by atoms with Gasteiger partial charge in [-0.3, -0.25) is 0 Å². The summed E-state index contributed by atoms with van der Waals surface area (Å²) in [6.07, 6.45) is 3.84. The largest absolute Gasteiger partial charge is 0.376 e. The van der Waals surface area contributed by atoms with Gasteiger partial charge in [-0.05, 0) is 31.0 Å². The van der Waals surface area contributed by atoms with Crippen LogP contribution < -0.4 is 5.73 Å².